The first kappa shape index (κ1) is 13.8. The van der Waals surface area contributed by atoms with Crippen molar-refractivity contribution in [3.63, 3.8) is 0 Å². The summed E-state index contributed by atoms with van der Waals surface area (Å²) < 4.78 is 6.52. The quantitative estimate of drug-likeness (QED) is 0.848. The summed E-state index contributed by atoms with van der Waals surface area (Å²) in [6.45, 7) is 3.20. The van der Waals surface area contributed by atoms with Crippen molar-refractivity contribution in [3.05, 3.63) is 28.2 Å². The molecule has 4 heteroatoms. The molecule has 0 spiro atoms. The Labute approximate surface area is 117 Å². The molecule has 0 atom stereocenters. The molecule has 0 aromatic heterocycles. The zero-order valence-electron chi connectivity index (χ0n) is 10.6. The molecule has 0 saturated carbocycles. The monoisotopic (exact) mass is 313 g/mol. The van der Waals surface area contributed by atoms with E-state index in [9.17, 15) is 0 Å². The molecule has 0 saturated heterocycles. The highest BCUT2D eigenvalue weighted by Gasteiger charge is 2.15. The zero-order valence-corrected chi connectivity index (χ0v) is 12.2. The summed E-state index contributed by atoms with van der Waals surface area (Å²) in [5.41, 5.74) is 2.76. The molecule has 0 fully saturated rings. The SMILES string of the molecule is OCCOCCN1CCCCc2cc(Br)ccc21. The lowest BCUT2D eigenvalue weighted by Crippen LogP contribution is -2.28. The Bertz CT molecular complexity index is 384. The van der Waals surface area contributed by atoms with Gasteiger partial charge in [-0.1, -0.05) is 15.9 Å². The Hall–Kier alpha value is -0.580. The van der Waals surface area contributed by atoms with Crippen molar-refractivity contribution in [3.8, 4) is 0 Å². The summed E-state index contributed by atoms with van der Waals surface area (Å²) in [4.78, 5) is 2.39. The third-order valence-electron chi connectivity index (χ3n) is 3.25. The number of aliphatic hydroxyl groups excluding tert-OH is 1. The van der Waals surface area contributed by atoms with Crippen LogP contribution in [-0.2, 0) is 11.2 Å². The number of nitrogens with zero attached hydrogens (tertiary/aromatic N) is 1. The van der Waals surface area contributed by atoms with Crippen LogP contribution in [0.3, 0.4) is 0 Å². The lowest BCUT2D eigenvalue weighted by atomic mass is 10.1. The smallest absolute Gasteiger partial charge is 0.0698 e. The fraction of sp³-hybridized carbons (Fsp3) is 0.571. The second kappa shape index (κ2) is 7.12. The van der Waals surface area contributed by atoms with Crippen LogP contribution in [-0.4, -0.2) is 38.0 Å². The van der Waals surface area contributed by atoms with Crippen LogP contribution < -0.4 is 4.90 Å². The number of hydrogen-bond donors (Lipinski definition) is 1. The van der Waals surface area contributed by atoms with E-state index < -0.39 is 0 Å². The number of fused-ring (bicyclic) bond motifs is 1. The summed E-state index contributed by atoms with van der Waals surface area (Å²) >= 11 is 3.54. The molecule has 3 nitrogen and oxygen atoms in total. The number of aryl methyl sites for hydroxylation is 1. The number of anilines is 1. The van der Waals surface area contributed by atoms with Crippen molar-refractivity contribution in [1.82, 2.24) is 0 Å². The largest absolute Gasteiger partial charge is 0.394 e. The van der Waals surface area contributed by atoms with Crippen LogP contribution in [0, 0.1) is 0 Å². The van der Waals surface area contributed by atoms with E-state index in [1.54, 1.807) is 0 Å². The van der Waals surface area contributed by atoms with Gasteiger partial charge in [0, 0.05) is 23.2 Å². The second-order valence-corrected chi connectivity index (χ2v) is 5.47. The molecule has 1 aromatic rings. The average molecular weight is 314 g/mol. The summed E-state index contributed by atoms with van der Waals surface area (Å²) in [6.07, 6.45) is 3.63. The predicted molar refractivity (Wildman–Crippen MR) is 77.2 cm³/mol. The van der Waals surface area contributed by atoms with Crippen LogP contribution in [0.2, 0.25) is 0 Å². The molecule has 1 N–H and O–H groups in total. The molecule has 0 aliphatic carbocycles. The highest BCUT2D eigenvalue weighted by molar-refractivity contribution is 9.10. The van der Waals surface area contributed by atoms with Crippen molar-refractivity contribution in [2.24, 2.45) is 0 Å². The Morgan fingerprint density at radius 3 is 3.00 bits per heavy atom. The van der Waals surface area contributed by atoms with E-state index in [0.717, 1.165) is 24.0 Å². The van der Waals surface area contributed by atoms with Gasteiger partial charge in [-0.2, -0.15) is 0 Å². The highest BCUT2D eigenvalue weighted by Crippen LogP contribution is 2.28. The first-order valence-corrected chi connectivity index (χ1v) is 7.32. The molecule has 0 amide bonds. The first-order chi connectivity index (χ1) is 8.81. The Morgan fingerprint density at radius 2 is 2.17 bits per heavy atom. The van der Waals surface area contributed by atoms with E-state index in [1.165, 1.54) is 24.1 Å². The Balaban J connectivity index is 2.02. The third kappa shape index (κ3) is 3.70. The molecular weight excluding hydrogens is 294 g/mol. The van der Waals surface area contributed by atoms with Gasteiger partial charge in [-0.25, -0.2) is 0 Å². The van der Waals surface area contributed by atoms with E-state index in [4.69, 9.17) is 9.84 Å². The Kier molecular flexibility index (Phi) is 5.47. The van der Waals surface area contributed by atoms with Crippen LogP contribution in [0.5, 0.6) is 0 Å². The molecule has 1 aromatic carbocycles. The maximum atomic E-state index is 8.69. The first-order valence-electron chi connectivity index (χ1n) is 6.53. The predicted octanol–water partition coefficient (Wildman–Crippen LogP) is 2.60. The van der Waals surface area contributed by atoms with Gasteiger partial charge in [0.1, 0.15) is 0 Å². The topological polar surface area (TPSA) is 32.7 Å². The van der Waals surface area contributed by atoms with Crippen LogP contribution in [0.1, 0.15) is 18.4 Å². The second-order valence-electron chi connectivity index (χ2n) is 4.55. The van der Waals surface area contributed by atoms with Gasteiger partial charge in [0.05, 0.1) is 19.8 Å². The van der Waals surface area contributed by atoms with Gasteiger partial charge in [-0.15, -0.1) is 0 Å². The van der Waals surface area contributed by atoms with Crippen LogP contribution >= 0.6 is 15.9 Å². The number of aliphatic hydroxyl groups is 1. The molecule has 18 heavy (non-hydrogen) atoms. The van der Waals surface area contributed by atoms with Gasteiger partial charge >= 0.3 is 0 Å². The molecule has 1 heterocycles. The molecule has 2 rings (SSSR count). The third-order valence-corrected chi connectivity index (χ3v) is 3.74. The number of ether oxygens (including phenoxy) is 1. The number of halogens is 1. The van der Waals surface area contributed by atoms with E-state index in [-0.39, 0.29) is 6.61 Å². The number of benzene rings is 1. The number of hydrogen-bond acceptors (Lipinski definition) is 3. The molecule has 0 radical (unpaired) electrons. The maximum Gasteiger partial charge on any atom is 0.0698 e. The van der Waals surface area contributed by atoms with Gasteiger partial charge in [-0.3, -0.25) is 0 Å². The summed E-state index contributed by atoms with van der Waals surface area (Å²) in [5, 5.41) is 8.69. The van der Waals surface area contributed by atoms with Gasteiger partial charge in [-0.05, 0) is 43.0 Å². The number of rotatable bonds is 5. The van der Waals surface area contributed by atoms with Crippen LogP contribution in [0.25, 0.3) is 0 Å². The van der Waals surface area contributed by atoms with E-state index in [2.05, 4.69) is 39.0 Å². The highest BCUT2D eigenvalue weighted by atomic mass is 79.9. The maximum absolute atomic E-state index is 8.69. The molecule has 0 unspecified atom stereocenters. The fourth-order valence-electron chi connectivity index (χ4n) is 2.37. The van der Waals surface area contributed by atoms with Crippen molar-refractivity contribution in [1.29, 1.82) is 0 Å². The minimum absolute atomic E-state index is 0.101. The molecule has 0 bridgehead atoms. The Morgan fingerprint density at radius 1 is 1.28 bits per heavy atom. The lowest BCUT2D eigenvalue weighted by Gasteiger charge is -2.25. The van der Waals surface area contributed by atoms with Gasteiger partial charge in [0.25, 0.3) is 0 Å². The summed E-state index contributed by atoms with van der Waals surface area (Å²) in [7, 11) is 0. The van der Waals surface area contributed by atoms with E-state index in [1.807, 2.05) is 0 Å². The summed E-state index contributed by atoms with van der Waals surface area (Å²) in [5.74, 6) is 0. The van der Waals surface area contributed by atoms with E-state index in [0.29, 0.717) is 13.2 Å². The van der Waals surface area contributed by atoms with Crippen molar-refractivity contribution >= 4 is 21.6 Å². The van der Waals surface area contributed by atoms with Crippen LogP contribution in [0.4, 0.5) is 5.69 Å². The minimum atomic E-state index is 0.101. The van der Waals surface area contributed by atoms with Crippen molar-refractivity contribution in [2.45, 2.75) is 19.3 Å². The summed E-state index contributed by atoms with van der Waals surface area (Å²) in [6, 6.07) is 6.52. The molecule has 1 aliphatic rings. The van der Waals surface area contributed by atoms with Crippen molar-refractivity contribution in [2.75, 3.05) is 37.8 Å². The standard InChI is InChI=1S/C14H20BrNO2/c15-13-4-5-14-12(11-13)3-1-2-6-16(14)7-9-18-10-8-17/h4-5,11,17H,1-3,6-10H2. The fourth-order valence-corrected chi connectivity index (χ4v) is 2.78. The van der Waals surface area contributed by atoms with Crippen LogP contribution in [0.15, 0.2) is 22.7 Å². The van der Waals surface area contributed by atoms with E-state index >= 15 is 0 Å². The normalized spacial score (nSPS) is 15.3. The van der Waals surface area contributed by atoms with Gasteiger partial charge in [0.15, 0.2) is 0 Å². The minimum Gasteiger partial charge on any atom is -0.394 e. The lowest BCUT2D eigenvalue weighted by molar-refractivity contribution is 0.0966. The zero-order chi connectivity index (χ0) is 12.8. The van der Waals surface area contributed by atoms with Gasteiger partial charge in [0.2, 0.25) is 0 Å². The van der Waals surface area contributed by atoms with Gasteiger partial charge < -0.3 is 14.7 Å². The molecular formula is C14H20BrNO2. The average Bonchev–Trinajstić information content (AvgIpc) is 2.56. The molecule has 1 aliphatic heterocycles. The molecule has 100 valence electrons. The van der Waals surface area contributed by atoms with Crippen molar-refractivity contribution < 1.29 is 9.84 Å².